The van der Waals surface area contributed by atoms with Crippen LogP contribution in [0.2, 0.25) is 0 Å². The molecule has 0 aliphatic rings. The molecule has 4 N–H and O–H groups in total. The van der Waals surface area contributed by atoms with Gasteiger partial charge in [-0.15, -0.1) is 0 Å². The van der Waals surface area contributed by atoms with Crippen molar-refractivity contribution in [3.63, 3.8) is 0 Å². The number of benzene rings is 3. The van der Waals surface area contributed by atoms with Gasteiger partial charge in [-0.2, -0.15) is 0 Å². The molecule has 4 nitrogen and oxygen atoms in total. The summed E-state index contributed by atoms with van der Waals surface area (Å²) in [5.74, 6) is 0.799. The first-order chi connectivity index (χ1) is 14.3. The summed E-state index contributed by atoms with van der Waals surface area (Å²) in [5, 5.41) is 1.21. The highest BCUT2D eigenvalue weighted by Crippen LogP contribution is 2.32. The molecule has 1 atom stereocenters. The van der Waals surface area contributed by atoms with Crippen molar-refractivity contribution in [2.75, 3.05) is 0 Å². The Kier molecular flexibility index (Phi) is 4.47. The van der Waals surface area contributed by atoms with Crippen molar-refractivity contribution in [3.8, 4) is 22.5 Å². The summed E-state index contributed by atoms with van der Waals surface area (Å²) in [7, 11) is 0. The van der Waals surface area contributed by atoms with Gasteiger partial charge in [-0.3, -0.25) is 0 Å². The lowest BCUT2D eigenvalue weighted by molar-refractivity contribution is 0.681. The van der Waals surface area contributed by atoms with Crippen molar-refractivity contribution in [1.29, 1.82) is 0 Å². The van der Waals surface area contributed by atoms with Crippen molar-refractivity contribution in [2.45, 2.75) is 12.5 Å². The molecule has 0 bridgehead atoms. The second-order valence-corrected chi connectivity index (χ2v) is 7.25. The van der Waals surface area contributed by atoms with Crippen LogP contribution in [0.5, 0.6) is 0 Å². The number of H-pyrrole nitrogens is 2. The van der Waals surface area contributed by atoms with E-state index in [0.29, 0.717) is 6.42 Å². The molecule has 0 unspecified atom stereocenters. The molecule has 0 aliphatic carbocycles. The molecule has 0 amide bonds. The van der Waals surface area contributed by atoms with E-state index in [1.165, 1.54) is 10.9 Å². The van der Waals surface area contributed by atoms with E-state index in [-0.39, 0.29) is 6.04 Å². The van der Waals surface area contributed by atoms with Gasteiger partial charge in [0.15, 0.2) is 0 Å². The summed E-state index contributed by atoms with van der Waals surface area (Å²) in [4.78, 5) is 11.8. The smallest absolute Gasteiger partial charge is 0.124 e. The van der Waals surface area contributed by atoms with E-state index >= 15 is 0 Å². The molecule has 0 fully saturated rings. The van der Waals surface area contributed by atoms with Crippen LogP contribution in [0.25, 0.3) is 33.4 Å². The van der Waals surface area contributed by atoms with E-state index in [9.17, 15) is 0 Å². The minimum Gasteiger partial charge on any atom is -0.361 e. The third-order valence-electron chi connectivity index (χ3n) is 5.30. The molecule has 3 aromatic carbocycles. The van der Waals surface area contributed by atoms with Gasteiger partial charge < -0.3 is 15.7 Å². The predicted molar refractivity (Wildman–Crippen MR) is 118 cm³/mol. The lowest BCUT2D eigenvalue weighted by Crippen LogP contribution is -2.15. The third kappa shape index (κ3) is 3.35. The minimum atomic E-state index is -0.228. The first kappa shape index (κ1) is 17.5. The largest absolute Gasteiger partial charge is 0.361 e. The highest BCUT2D eigenvalue weighted by molar-refractivity contribution is 5.83. The first-order valence-electron chi connectivity index (χ1n) is 9.81. The van der Waals surface area contributed by atoms with Crippen LogP contribution in [-0.4, -0.2) is 15.0 Å². The van der Waals surface area contributed by atoms with Crippen molar-refractivity contribution in [2.24, 2.45) is 5.73 Å². The van der Waals surface area contributed by atoms with Gasteiger partial charge in [0.2, 0.25) is 0 Å². The maximum absolute atomic E-state index is 6.61. The summed E-state index contributed by atoms with van der Waals surface area (Å²) >= 11 is 0. The number of hydrogen-bond acceptors (Lipinski definition) is 2. The Morgan fingerprint density at radius 3 is 2.21 bits per heavy atom. The summed E-state index contributed by atoms with van der Waals surface area (Å²) in [6, 6.07) is 28.6. The zero-order valence-electron chi connectivity index (χ0n) is 16.0. The molecule has 0 aliphatic heterocycles. The molecule has 29 heavy (non-hydrogen) atoms. The van der Waals surface area contributed by atoms with E-state index in [2.05, 4.69) is 52.4 Å². The fourth-order valence-corrected chi connectivity index (χ4v) is 3.82. The predicted octanol–water partition coefficient (Wildman–Crippen LogP) is 5.47. The average Bonchev–Trinajstić information content (AvgIpc) is 3.40. The van der Waals surface area contributed by atoms with Crippen molar-refractivity contribution < 1.29 is 0 Å². The van der Waals surface area contributed by atoms with Crippen LogP contribution in [0.1, 0.15) is 17.4 Å². The van der Waals surface area contributed by atoms with Crippen LogP contribution in [0.15, 0.2) is 91.1 Å². The quantitative estimate of drug-likeness (QED) is 0.380. The fraction of sp³-hybridized carbons (Fsp3) is 0.0800. The molecule has 0 spiro atoms. The van der Waals surface area contributed by atoms with Crippen LogP contribution in [-0.2, 0) is 6.42 Å². The number of aromatic amines is 2. The highest BCUT2D eigenvalue weighted by atomic mass is 15.0. The van der Waals surface area contributed by atoms with E-state index in [1.807, 2.05) is 48.7 Å². The number of imidazole rings is 1. The number of para-hydroxylation sites is 1. The van der Waals surface area contributed by atoms with Crippen LogP contribution < -0.4 is 5.73 Å². The Hall–Kier alpha value is -3.63. The van der Waals surface area contributed by atoms with Gasteiger partial charge >= 0.3 is 0 Å². The molecule has 0 saturated heterocycles. The van der Waals surface area contributed by atoms with E-state index in [0.717, 1.165) is 33.9 Å². The molecule has 5 rings (SSSR count). The Morgan fingerprint density at radius 1 is 0.793 bits per heavy atom. The van der Waals surface area contributed by atoms with Gasteiger partial charge in [0, 0.05) is 28.2 Å². The minimum absolute atomic E-state index is 0.228. The maximum Gasteiger partial charge on any atom is 0.124 e. The van der Waals surface area contributed by atoms with E-state index in [1.54, 1.807) is 0 Å². The van der Waals surface area contributed by atoms with Crippen LogP contribution in [0, 0.1) is 0 Å². The Balaban J connectivity index is 1.54. The highest BCUT2D eigenvalue weighted by Gasteiger charge is 2.19. The monoisotopic (exact) mass is 378 g/mol. The third-order valence-corrected chi connectivity index (χ3v) is 5.30. The van der Waals surface area contributed by atoms with Crippen LogP contribution in [0.3, 0.4) is 0 Å². The molecular formula is C25H22N4. The average molecular weight is 378 g/mol. The number of nitrogens with one attached hydrogen (secondary N) is 2. The van der Waals surface area contributed by atoms with Crippen molar-refractivity contribution in [3.05, 3.63) is 103 Å². The Morgan fingerprint density at radius 2 is 1.45 bits per heavy atom. The first-order valence-corrected chi connectivity index (χ1v) is 9.81. The van der Waals surface area contributed by atoms with Gasteiger partial charge in [0.05, 0.1) is 17.4 Å². The molecule has 5 aromatic rings. The molecule has 142 valence electrons. The van der Waals surface area contributed by atoms with Gasteiger partial charge in [0.25, 0.3) is 0 Å². The molecule has 2 aromatic heterocycles. The van der Waals surface area contributed by atoms with Crippen LogP contribution in [0.4, 0.5) is 0 Å². The number of hydrogen-bond donors (Lipinski definition) is 3. The summed E-state index contributed by atoms with van der Waals surface area (Å²) in [5.41, 5.74) is 13.0. The van der Waals surface area contributed by atoms with E-state index < -0.39 is 0 Å². The Bertz CT molecular complexity index is 1180. The zero-order chi connectivity index (χ0) is 19.6. The summed E-state index contributed by atoms with van der Waals surface area (Å²) in [6.07, 6.45) is 2.75. The lowest BCUT2D eigenvalue weighted by atomic mass is 10.1. The Labute approximate surface area is 169 Å². The lowest BCUT2D eigenvalue weighted by Gasteiger charge is -2.08. The zero-order valence-corrected chi connectivity index (χ0v) is 16.0. The standard InChI is InChI=1S/C25H22N4/c26-21(15-19-16-27-22-14-8-7-13-20(19)22)25-28-23(17-9-3-1-4-10-17)24(29-25)18-11-5-2-6-12-18/h1-14,16,21,27H,15,26H2,(H,28,29)/t21-/m0/s1. The normalized spacial score (nSPS) is 12.3. The molecular weight excluding hydrogens is 356 g/mol. The SMILES string of the molecule is N[C@@H](Cc1c[nH]c2ccccc12)c1nc(-c2ccccc2)c(-c2ccccc2)[nH]1. The number of nitrogens with zero attached hydrogens (tertiary/aromatic N) is 1. The van der Waals surface area contributed by atoms with Gasteiger partial charge in [-0.25, -0.2) is 4.98 Å². The second kappa shape index (κ2) is 7.41. The molecule has 4 heteroatoms. The summed E-state index contributed by atoms with van der Waals surface area (Å²) < 4.78 is 0. The number of aromatic nitrogens is 3. The number of nitrogens with two attached hydrogens (primary N) is 1. The number of fused-ring (bicyclic) bond motifs is 1. The van der Waals surface area contributed by atoms with Crippen molar-refractivity contribution in [1.82, 2.24) is 15.0 Å². The topological polar surface area (TPSA) is 70.5 Å². The van der Waals surface area contributed by atoms with E-state index in [4.69, 9.17) is 10.7 Å². The summed E-state index contributed by atoms with van der Waals surface area (Å²) in [6.45, 7) is 0. The maximum atomic E-state index is 6.61. The van der Waals surface area contributed by atoms with Crippen molar-refractivity contribution >= 4 is 10.9 Å². The van der Waals surface area contributed by atoms with Gasteiger partial charge in [-0.1, -0.05) is 78.9 Å². The second-order valence-electron chi connectivity index (χ2n) is 7.25. The molecule has 0 radical (unpaired) electrons. The fourth-order valence-electron chi connectivity index (χ4n) is 3.82. The molecule has 0 saturated carbocycles. The van der Waals surface area contributed by atoms with Gasteiger partial charge in [-0.05, 0) is 18.1 Å². The number of rotatable bonds is 5. The van der Waals surface area contributed by atoms with Gasteiger partial charge in [0.1, 0.15) is 5.82 Å². The van der Waals surface area contributed by atoms with Crippen LogP contribution >= 0.6 is 0 Å². The molecule has 2 heterocycles.